The highest BCUT2D eigenvalue weighted by atomic mass is 35.5. The Hall–Kier alpha value is -2.10. The lowest BCUT2D eigenvalue weighted by atomic mass is 10.0. The van der Waals surface area contributed by atoms with Gasteiger partial charge in [0.25, 0.3) is 0 Å². The quantitative estimate of drug-likeness (QED) is 0.719. The highest BCUT2D eigenvalue weighted by Crippen LogP contribution is 2.33. The molecule has 0 aliphatic heterocycles. The van der Waals surface area contributed by atoms with E-state index in [2.05, 4.69) is 4.98 Å². The van der Waals surface area contributed by atoms with Crippen LogP contribution in [0.25, 0.3) is 22.0 Å². The Morgan fingerprint density at radius 2 is 1.95 bits per heavy atom. The third-order valence-electron chi connectivity index (χ3n) is 3.59. The lowest BCUT2D eigenvalue weighted by molar-refractivity contribution is 0.112. The molecule has 21 heavy (non-hydrogen) atoms. The zero-order valence-electron chi connectivity index (χ0n) is 11.3. The van der Waals surface area contributed by atoms with Crippen molar-refractivity contribution in [1.82, 2.24) is 4.98 Å². The SMILES string of the molecule is O=Cc1c[nH]c2cc(Cl)c(-c3ccc(CCO)cc3)cc12. The summed E-state index contributed by atoms with van der Waals surface area (Å²) in [4.78, 5) is 14.1. The van der Waals surface area contributed by atoms with Crippen molar-refractivity contribution in [2.24, 2.45) is 0 Å². The van der Waals surface area contributed by atoms with Crippen molar-refractivity contribution < 1.29 is 9.90 Å². The van der Waals surface area contributed by atoms with Gasteiger partial charge in [-0.3, -0.25) is 4.79 Å². The number of H-pyrrole nitrogens is 1. The Labute approximate surface area is 127 Å². The average Bonchev–Trinajstić information content (AvgIpc) is 2.89. The topological polar surface area (TPSA) is 53.1 Å². The fourth-order valence-corrected chi connectivity index (χ4v) is 2.74. The van der Waals surface area contributed by atoms with Crippen LogP contribution >= 0.6 is 11.6 Å². The molecule has 106 valence electrons. The maximum atomic E-state index is 11.1. The summed E-state index contributed by atoms with van der Waals surface area (Å²) in [7, 11) is 0. The van der Waals surface area contributed by atoms with Gasteiger partial charge in [0.15, 0.2) is 6.29 Å². The zero-order valence-corrected chi connectivity index (χ0v) is 12.0. The zero-order chi connectivity index (χ0) is 14.8. The molecule has 2 N–H and O–H groups in total. The number of aliphatic hydroxyl groups is 1. The smallest absolute Gasteiger partial charge is 0.152 e. The average molecular weight is 300 g/mol. The number of carbonyl (C=O) groups is 1. The molecule has 1 aromatic heterocycles. The highest BCUT2D eigenvalue weighted by molar-refractivity contribution is 6.34. The van der Waals surface area contributed by atoms with E-state index in [9.17, 15) is 4.79 Å². The maximum absolute atomic E-state index is 11.1. The number of nitrogens with one attached hydrogen (secondary N) is 1. The third kappa shape index (κ3) is 2.58. The molecule has 0 unspecified atom stereocenters. The number of hydrogen-bond donors (Lipinski definition) is 2. The molecule has 0 fully saturated rings. The van der Waals surface area contributed by atoms with Crippen LogP contribution in [0.1, 0.15) is 15.9 Å². The fraction of sp³-hybridized carbons (Fsp3) is 0.118. The van der Waals surface area contributed by atoms with E-state index in [0.717, 1.165) is 33.9 Å². The van der Waals surface area contributed by atoms with Gasteiger partial charge in [0.2, 0.25) is 0 Å². The molecule has 1 heterocycles. The predicted molar refractivity (Wildman–Crippen MR) is 84.9 cm³/mol. The molecule has 0 spiro atoms. The Kier molecular flexibility index (Phi) is 3.78. The van der Waals surface area contributed by atoms with Crippen molar-refractivity contribution in [3.8, 4) is 11.1 Å². The molecular weight excluding hydrogens is 286 g/mol. The lowest BCUT2D eigenvalue weighted by Gasteiger charge is -2.07. The van der Waals surface area contributed by atoms with Crippen LogP contribution < -0.4 is 0 Å². The molecule has 3 nitrogen and oxygen atoms in total. The summed E-state index contributed by atoms with van der Waals surface area (Å²) in [5.41, 5.74) is 4.43. The third-order valence-corrected chi connectivity index (χ3v) is 3.91. The highest BCUT2D eigenvalue weighted by Gasteiger charge is 2.09. The van der Waals surface area contributed by atoms with Crippen LogP contribution in [0, 0.1) is 0 Å². The van der Waals surface area contributed by atoms with Crippen LogP contribution in [-0.4, -0.2) is 23.0 Å². The van der Waals surface area contributed by atoms with Gasteiger partial charge in [-0.2, -0.15) is 0 Å². The second-order valence-corrected chi connectivity index (χ2v) is 5.32. The molecule has 0 radical (unpaired) electrons. The molecule has 4 heteroatoms. The predicted octanol–water partition coefficient (Wildman–Crippen LogP) is 3.84. The Bertz CT molecular complexity index is 790. The van der Waals surface area contributed by atoms with E-state index >= 15 is 0 Å². The summed E-state index contributed by atoms with van der Waals surface area (Å²) in [5, 5.41) is 10.4. The molecule has 0 amide bonds. The van der Waals surface area contributed by atoms with E-state index in [4.69, 9.17) is 16.7 Å². The van der Waals surface area contributed by atoms with E-state index in [1.807, 2.05) is 36.4 Å². The van der Waals surface area contributed by atoms with Crippen LogP contribution in [0.2, 0.25) is 5.02 Å². The van der Waals surface area contributed by atoms with Gasteiger partial charge in [0.1, 0.15) is 0 Å². The van der Waals surface area contributed by atoms with Gasteiger partial charge in [-0.15, -0.1) is 0 Å². The van der Waals surface area contributed by atoms with Crippen molar-refractivity contribution in [3.63, 3.8) is 0 Å². The molecule has 0 saturated heterocycles. The number of benzene rings is 2. The van der Waals surface area contributed by atoms with Gasteiger partial charge in [-0.05, 0) is 29.7 Å². The standard InChI is InChI=1S/C17H14ClNO2/c18-16-8-17-15(13(10-21)9-19-17)7-14(16)12-3-1-11(2-4-12)5-6-20/h1-4,7-10,19-20H,5-6H2. The van der Waals surface area contributed by atoms with E-state index in [1.165, 1.54) is 0 Å². The number of halogens is 1. The number of aromatic amines is 1. The van der Waals surface area contributed by atoms with Crippen LogP contribution in [0.4, 0.5) is 0 Å². The summed E-state index contributed by atoms with van der Waals surface area (Å²) in [6.45, 7) is 0.137. The molecule has 0 saturated carbocycles. The number of fused-ring (bicyclic) bond motifs is 1. The minimum absolute atomic E-state index is 0.137. The summed E-state index contributed by atoms with van der Waals surface area (Å²) in [6.07, 6.45) is 3.16. The van der Waals surface area contributed by atoms with E-state index in [0.29, 0.717) is 17.0 Å². The molecule has 0 aliphatic carbocycles. The molecule has 3 rings (SSSR count). The Morgan fingerprint density at radius 3 is 2.62 bits per heavy atom. The van der Waals surface area contributed by atoms with Crippen LogP contribution in [0.5, 0.6) is 0 Å². The monoisotopic (exact) mass is 299 g/mol. The number of aldehydes is 1. The molecule has 0 atom stereocenters. The maximum Gasteiger partial charge on any atom is 0.152 e. The molecular formula is C17H14ClNO2. The van der Waals surface area contributed by atoms with Gasteiger partial charge in [0.05, 0.1) is 5.02 Å². The Balaban J connectivity index is 2.10. The van der Waals surface area contributed by atoms with E-state index in [1.54, 1.807) is 6.20 Å². The lowest BCUT2D eigenvalue weighted by Crippen LogP contribution is -1.90. The second kappa shape index (κ2) is 5.72. The van der Waals surface area contributed by atoms with Crippen molar-refractivity contribution in [2.75, 3.05) is 6.61 Å². The fourth-order valence-electron chi connectivity index (χ4n) is 2.46. The normalized spacial score (nSPS) is 11.0. The first kappa shape index (κ1) is 13.9. The van der Waals surface area contributed by atoms with Crippen molar-refractivity contribution in [2.45, 2.75) is 6.42 Å². The number of carbonyl (C=O) groups excluding carboxylic acids is 1. The van der Waals surface area contributed by atoms with Crippen molar-refractivity contribution >= 4 is 28.8 Å². The summed E-state index contributed by atoms with van der Waals surface area (Å²) in [5.74, 6) is 0. The van der Waals surface area contributed by atoms with E-state index < -0.39 is 0 Å². The van der Waals surface area contributed by atoms with Crippen molar-refractivity contribution in [1.29, 1.82) is 0 Å². The summed E-state index contributed by atoms with van der Waals surface area (Å²) < 4.78 is 0. The van der Waals surface area contributed by atoms with Crippen LogP contribution in [0.3, 0.4) is 0 Å². The number of aromatic nitrogens is 1. The first-order valence-electron chi connectivity index (χ1n) is 6.69. The van der Waals surface area contributed by atoms with E-state index in [-0.39, 0.29) is 6.61 Å². The Morgan fingerprint density at radius 1 is 1.19 bits per heavy atom. The second-order valence-electron chi connectivity index (χ2n) is 4.91. The number of rotatable bonds is 4. The van der Waals surface area contributed by atoms with Gasteiger partial charge in [-0.25, -0.2) is 0 Å². The van der Waals surface area contributed by atoms with Gasteiger partial charge in [-0.1, -0.05) is 35.9 Å². The molecule has 0 aliphatic rings. The van der Waals surface area contributed by atoms with Crippen molar-refractivity contribution in [3.05, 3.63) is 58.7 Å². The minimum atomic E-state index is 0.137. The largest absolute Gasteiger partial charge is 0.396 e. The summed E-state index contributed by atoms with van der Waals surface area (Å²) in [6, 6.07) is 11.7. The van der Waals surface area contributed by atoms with Crippen LogP contribution in [0.15, 0.2) is 42.6 Å². The summed E-state index contributed by atoms with van der Waals surface area (Å²) >= 11 is 6.34. The van der Waals surface area contributed by atoms with Gasteiger partial charge < -0.3 is 10.1 Å². The molecule has 3 aromatic rings. The van der Waals surface area contributed by atoms with Gasteiger partial charge in [0, 0.05) is 34.8 Å². The number of hydrogen-bond acceptors (Lipinski definition) is 2. The first-order chi connectivity index (χ1) is 10.2. The van der Waals surface area contributed by atoms with Crippen LogP contribution in [-0.2, 0) is 6.42 Å². The van der Waals surface area contributed by atoms with Gasteiger partial charge >= 0.3 is 0 Å². The molecule has 2 aromatic carbocycles. The first-order valence-corrected chi connectivity index (χ1v) is 7.06. The number of aliphatic hydroxyl groups excluding tert-OH is 1. The molecule has 0 bridgehead atoms. The minimum Gasteiger partial charge on any atom is -0.396 e.